The molecule has 0 aliphatic heterocycles. The van der Waals surface area contributed by atoms with Crippen LogP contribution in [0.1, 0.15) is 101 Å². The molecule has 2 aromatic carbocycles. The number of hydrogen-bond acceptors (Lipinski definition) is 3. The van der Waals surface area contributed by atoms with E-state index >= 15 is 0 Å². The molecule has 4 nitrogen and oxygen atoms in total. The maximum absolute atomic E-state index is 11.9. The Balaban J connectivity index is 0.000000660. The van der Waals surface area contributed by atoms with Gasteiger partial charge in [0.15, 0.2) is 0 Å². The van der Waals surface area contributed by atoms with Crippen LogP contribution in [0.2, 0.25) is 0 Å². The van der Waals surface area contributed by atoms with Gasteiger partial charge in [0.2, 0.25) is 0 Å². The monoisotopic (exact) mass is 520 g/mol. The molecule has 0 unspecified atom stereocenters. The first-order chi connectivity index (χ1) is 18.4. The minimum Gasteiger partial charge on any atom is -0.494 e. The van der Waals surface area contributed by atoms with Crippen LogP contribution in [0.4, 0.5) is 0 Å². The lowest BCUT2D eigenvalue weighted by Gasteiger charge is -2.06. The fourth-order valence-corrected chi connectivity index (χ4v) is 3.07. The van der Waals surface area contributed by atoms with Gasteiger partial charge < -0.3 is 10.1 Å². The van der Waals surface area contributed by atoms with Crippen LogP contribution in [0.25, 0.3) is 0 Å². The first-order valence-corrected chi connectivity index (χ1v) is 14.2. The highest BCUT2D eigenvalue weighted by molar-refractivity contribution is 5.94. The van der Waals surface area contributed by atoms with E-state index in [1.54, 1.807) is 6.21 Å². The number of carbonyl (C=O) groups excluding carboxylic acids is 1. The molecule has 0 heterocycles. The van der Waals surface area contributed by atoms with Crippen molar-refractivity contribution in [3.05, 3.63) is 89.6 Å². The lowest BCUT2D eigenvalue weighted by Crippen LogP contribution is -2.24. The highest BCUT2D eigenvalue weighted by Gasteiger charge is 2.04. The van der Waals surface area contributed by atoms with Crippen molar-refractivity contribution >= 4 is 12.1 Å². The molecule has 0 bridgehead atoms. The van der Waals surface area contributed by atoms with E-state index in [1.165, 1.54) is 44.1 Å². The summed E-state index contributed by atoms with van der Waals surface area (Å²) in [6.45, 7) is 17.7. The van der Waals surface area contributed by atoms with Crippen molar-refractivity contribution in [3.63, 3.8) is 0 Å². The van der Waals surface area contributed by atoms with Crippen molar-refractivity contribution in [2.24, 2.45) is 4.99 Å². The topological polar surface area (TPSA) is 50.7 Å². The summed E-state index contributed by atoms with van der Waals surface area (Å²) < 4.78 is 5.61. The van der Waals surface area contributed by atoms with Gasteiger partial charge in [-0.05, 0) is 57.9 Å². The maximum Gasteiger partial charge on any atom is 0.251 e. The van der Waals surface area contributed by atoms with E-state index in [0.29, 0.717) is 12.1 Å². The fourth-order valence-electron chi connectivity index (χ4n) is 3.07. The quantitative estimate of drug-likeness (QED) is 0.153. The number of carbonyl (C=O) groups is 1. The lowest BCUT2D eigenvalue weighted by molar-refractivity contribution is 0.0954. The number of allylic oxidation sites excluding steroid dienone is 2. The predicted molar refractivity (Wildman–Crippen MR) is 167 cm³/mol. The second kappa shape index (κ2) is 24.2. The van der Waals surface area contributed by atoms with Crippen molar-refractivity contribution in [2.75, 3.05) is 13.2 Å². The third kappa shape index (κ3) is 19.0. The fraction of sp³-hybridized carbons (Fsp3) is 0.471. The molecule has 0 aliphatic rings. The normalized spacial score (nSPS) is 10.6. The van der Waals surface area contributed by atoms with E-state index in [1.807, 2.05) is 62.4 Å². The van der Waals surface area contributed by atoms with Gasteiger partial charge in [0.05, 0.1) is 6.61 Å². The molecular weight excluding hydrogens is 468 g/mol. The molecule has 210 valence electrons. The molecule has 0 saturated carbocycles. The van der Waals surface area contributed by atoms with Crippen LogP contribution < -0.4 is 10.1 Å². The van der Waals surface area contributed by atoms with Crippen LogP contribution in [0, 0.1) is 13.8 Å². The van der Waals surface area contributed by atoms with Crippen LogP contribution in [-0.2, 0) is 0 Å². The number of aryl methyl sites for hydroxylation is 2. The average molecular weight is 521 g/mol. The van der Waals surface area contributed by atoms with E-state index in [9.17, 15) is 4.79 Å². The Bertz CT molecular complexity index is 911. The van der Waals surface area contributed by atoms with Gasteiger partial charge >= 0.3 is 0 Å². The lowest BCUT2D eigenvalue weighted by atomic mass is 10.1. The molecule has 2 rings (SSSR count). The smallest absolute Gasteiger partial charge is 0.251 e. The molecule has 4 heteroatoms. The minimum atomic E-state index is -0.0476. The first kappa shape index (κ1) is 34.9. The molecule has 0 aromatic heterocycles. The molecule has 38 heavy (non-hydrogen) atoms. The van der Waals surface area contributed by atoms with Crippen LogP contribution in [-0.4, -0.2) is 25.3 Å². The third-order valence-corrected chi connectivity index (χ3v) is 5.58. The molecule has 1 amide bonds. The third-order valence-electron chi connectivity index (χ3n) is 5.58. The Kier molecular flexibility index (Phi) is 22.2. The Morgan fingerprint density at radius 3 is 2.03 bits per heavy atom. The number of ether oxygens (including phenoxy) is 1. The van der Waals surface area contributed by atoms with Gasteiger partial charge in [-0.2, -0.15) is 0 Å². The summed E-state index contributed by atoms with van der Waals surface area (Å²) in [6.07, 6.45) is 14.8. The molecular formula is C34H52N2O2. The molecule has 0 atom stereocenters. The standard InChI is InChI=1S/C17H22N2O.C13H20O.C4H10/c1-4-6-7-16(18-5-2)12-13-19-17(20)15-10-8-14(3)9-11-15;1-3-4-5-6-11-14-13-9-7-12(2)8-10-13;1-3-4-2/h4-5,7-11H,1,6,12-13H2,2-3H3,(H,19,20);7-10H,3-6,11H2,1-2H3;3-4H2,1-2H3/b16-7-,18-5?;;. The van der Waals surface area contributed by atoms with Gasteiger partial charge in [0.1, 0.15) is 5.75 Å². The molecule has 0 fully saturated rings. The highest BCUT2D eigenvalue weighted by Crippen LogP contribution is 2.12. The first-order valence-electron chi connectivity index (χ1n) is 14.2. The summed E-state index contributed by atoms with van der Waals surface area (Å²) in [5, 5.41) is 2.90. The van der Waals surface area contributed by atoms with Crippen molar-refractivity contribution in [1.82, 2.24) is 5.32 Å². The van der Waals surface area contributed by atoms with Crippen molar-refractivity contribution in [1.29, 1.82) is 0 Å². The number of amides is 1. The number of benzene rings is 2. The summed E-state index contributed by atoms with van der Waals surface area (Å²) in [5.74, 6) is 0.945. The maximum atomic E-state index is 11.9. The predicted octanol–water partition coefficient (Wildman–Crippen LogP) is 9.43. The second-order valence-electron chi connectivity index (χ2n) is 9.20. The average Bonchev–Trinajstić information content (AvgIpc) is 2.93. The van der Waals surface area contributed by atoms with E-state index in [0.717, 1.165) is 36.5 Å². The summed E-state index contributed by atoms with van der Waals surface area (Å²) in [6, 6.07) is 15.8. The molecule has 0 radical (unpaired) electrons. The SMILES string of the molecule is C=CC/C=C(/CCNC(=O)c1ccc(C)cc1)N=CC.CCCC.CCCCCCOc1ccc(C)cc1. The molecule has 0 aliphatic carbocycles. The van der Waals surface area contributed by atoms with Crippen molar-refractivity contribution in [2.45, 2.75) is 92.9 Å². The van der Waals surface area contributed by atoms with Crippen LogP contribution in [0.3, 0.4) is 0 Å². The number of unbranched alkanes of at least 4 members (excludes halogenated alkanes) is 4. The number of hydrogen-bond donors (Lipinski definition) is 1. The van der Waals surface area contributed by atoms with Gasteiger partial charge in [0.25, 0.3) is 5.91 Å². The van der Waals surface area contributed by atoms with Gasteiger partial charge in [-0.15, -0.1) is 6.58 Å². The van der Waals surface area contributed by atoms with Gasteiger partial charge in [0, 0.05) is 30.4 Å². The Morgan fingerprint density at radius 1 is 0.895 bits per heavy atom. The van der Waals surface area contributed by atoms with E-state index in [2.05, 4.69) is 56.7 Å². The van der Waals surface area contributed by atoms with Crippen LogP contribution in [0.5, 0.6) is 5.75 Å². The molecule has 2 aromatic rings. The zero-order chi connectivity index (χ0) is 28.4. The highest BCUT2D eigenvalue weighted by atomic mass is 16.5. The Hall–Kier alpha value is -3.14. The zero-order valence-corrected chi connectivity index (χ0v) is 24.9. The number of nitrogens with one attached hydrogen (secondary N) is 1. The molecule has 0 saturated heterocycles. The van der Waals surface area contributed by atoms with Crippen molar-refractivity contribution in [3.8, 4) is 5.75 Å². The van der Waals surface area contributed by atoms with Gasteiger partial charge in [-0.25, -0.2) is 0 Å². The summed E-state index contributed by atoms with van der Waals surface area (Å²) in [7, 11) is 0. The van der Waals surface area contributed by atoms with Gasteiger partial charge in [-0.1, -0.05) is 100 Å². The molecule has 1 N–H and O–H groups in total. The van der Waals surface area contributed by atoms with E-state index < -0.39 is 0 Å². The number of rotatable bonds is 14. The summed E-state index contributed by atoms with van der Waals surface area (Å²) >= 11 is 0. The van der Waals surface area contributed by atoms with E-state index in [-0.39, 0.29) is 5.91 Å². The second-order valence-corrected chi connectivity index (χ2v) is 9.20. The Morgan fingerprint density at radius 2 is 1.50 bits per heavy atom. The Labute approximate surface area is 233 Å². The zero-order valence-electron chi connectivity index (χ0n) is 24.9. The summed E-state index contributed by atoms with van der Waals surface area (Å²) in [5.41, 5.74) is 4.08. The number of aliphatic imine (C=N–C) groups is 1. The van der Waals surface area contributed by atoms with Crippen LogP contribution >= 0.6 is 0 Å². The largest absolute Gasteiger partial charge is 0.494 e. The van der Waals surface area contributed by atoms with Crippen molar-refractivity contribution < 1.29 is 9.53 Å². The van der Waals surface area contributed by atoms with Crippen LogP contribution in [0.15, 0.2) is 78.0 Å². The van der Waals surface area contributed by atoms with Gasteiger partial charge in [-0.3, -0.25) is 9.79 Å². The summed E-state index contributed by atoms with van der Waals surface area (Å²) in [4.78, 5) is 16.2. The minimum absolute atomic E-state index is 0.0476. The molecule has 0 spiro atoms. The number of nitrogens with zero attached hydrogens (tertiary/aromatic N) is 1. The van der Waals surface area contributed by atoms with E-state index in [4.69, 9.17) is 4.74 Å².